The summed E-state index contributed by atoms with van der Waals surface area (Å²) in [5.41, 5.74) is 4.19. The quantitative estimate of drug-likeness (QED) is 0.623. The number of ether oxygens (including phenoxy) is 1. The number of Topliss-reactive ketones (excluding diaryl/α,β-unsaturated/α-hetero) is 1. The van der Waals surface area contributed by atoms with Gasteiger partial charge in [-0.05, 0) is 20.8 Å². The molecule has 1 heterocycles. The van der Waals surface area contributed by atoms with Gasteiger partial charge in [0, 0.05) is 6.07 Å². The van der Waals surface area contributed by atoms with Crippen LogP contribution >= 0.6 is 0 Å². The van der Waals surface area contributed by atoms with Crippen LogP contribution in [-0.2, 0) is 9.53 Å². The van der Waals surface area contributed by atoms with Crippen LogP contribution in [0.1, 0.15) is 31.3 Å². The van der Waals surface area contributed by atoms with E-state index in [0.717, 1.165) is 6.26 Å². The van der Waals surface area contributed by atoms with E-state index in [9.17, 15) is 14.4 Å². The summed E-state index contributed by atoms with van der Waals surface area (Å²) in [6, 6.07) is 1.32. The van der Waals surface area contributed by atoms with Crippen molar-refractivity contribution in [2.45, 2.75) is 26.4 Å². The van der Waals surface area contributed by atoms with E-state index < -0.39 is 23.4 Å². The standard InChI is InChI=1S/C11H14N2O5/c1-11(2,3)18-10(16)13-6-4-5-17-8(6)7(14)9(12)15/h4-5H,1-3H3,(H2,12,15)(H,13,16). The van der Waals surface area contributed by atoms with Crippen LogP contribution in [0.25, 0.3) is 0 Å². The molecular formula is C11H14N2O5. The number of hydrogen-bond acceptors (Lipinski definition) is 5. The van der Waals surface area contributed by atoms with Gasteiger partial charge in [0.25, 0.3) is 11.7 Å². The van der Waals surface area contributed by atoms with Crippen LogP contribution in [0.2, 0.25) is 0 Å². The van der Waals surface area contributed by atoms with Crippen LogP contribution in [0.5, 0.6) is 0 Å². The number of nitrogens with two attached hydrogens (primary N) is 1. The SMILES string of the molecule is CC(C)(C)OC(=O)Nc1ccoc1C(=O)C(N)=O. The highest BCUT2D eigenvalue weighted by atomic mass is 16.6. The summed E-state index contributed by atoms with van der Waals surface area (Å²) >= 11 is 0. The number of rotatable bonds is 3. The summed E-state index contributed by atoms with van der Waals surface area (Å²) in [4.78, 5) is 33.5. The summed E-state index contributed by atoms with van der Waals surface area (Å²) in [5.74, 6) is -2.52. The number of amides is 2. The molecule has 0 atom stereocenters. The highest BCUT2D eigenvalue weighted by Crippen LogP contribution is 2.18. The van der Waals surface area contributed by atoms with Gasteiger partial charge >= 0.3 is 6.09 Å². The summed E-state index contributed by atoms with van der Waals surface area (Å²) < 4.78 is 9.79. The van der Waals surface area contributed by atoms with Crippen molar-refractivity contribution in [3.05, 3.63) is 18.1 Å². The lowest BCUT2D eigenvalue weighted by molar-refractivity contribution is -0.114. The van der Waals surface area contributed by atoms with Crippen molar-refractivity contribution < 1.29 is 23.5 Å². The minimum absolute atomic E-state index is 0.0352. The van der Waals surface area contributed by atoms with Gasteiger partial charge in [0.05, 0.1) is 12.0 Å². The first-order chi connectivity index (χ1) is 8.20. The molecule has 0 aliphatic heterocycles. The van der Waals surface area contributed by atoms with E-state index in [2.05, 4.69) is 5.32 Å². The second-order valence-electron chi connectivity index (χ2n) is 4.48. The van der Waals surface area contributed by atoms with Gasteiger partial charge in [-0.25, -0.2) is 4.79 Å². The second-order valence-corrected chi connectivity index (χ2v) is 4.48. The Morgan fingerprint density at radius 1 is 1.33 bits per heavy atom. The van der Waals surface area contributed by atoms with Gasteiger partial charge in [0.1, 0.15) is 5.60 Å². The molecule has 7 heteroatoms. The Morgan fingerprint density at radius 2 is 1.94 bits per heavy atom. The average molecular weight is 254 g/mol. The molecule has 1 rings (SSSR count). The molecule has 0 saturated heterocycles. The number of carbonyl (C=O) groups excluding carboxylic acids is 3. The van der Waals surface area contributed by atoms with Crippen molar-refractivity contribution in [2.75, 3.05) is 5.32 Å². The molecule has 98 valence electrons. The molecule has 1 aromatic rings. The van der Waals surface area contributed by atoms with Crippen molar-refractivity contribution in [1.29, 1.82) is 0 Å². The predicted octanol–water partition coefficient (Wildman–Crippen LogP) is 1.29. The van der Waals surface area contributed by atoms with Crippen LogP contribution < -0.4 is 11.1 Å². The third kappa shape index (κ3) is 3.62. The Labute approximate surface area is 103 Å². The fraction of sp³-hybridized carbons (Fsp3) is 0.364. The Hall–Kier alpha value is -2.31. The lowest BCUT2D eigenvalue weighted by atomic mass is 10.2. The second kappa shape index (κ2) is 4.91. The Bertz CT molecular complexity index is 484. The number of anilines is 1. The van der Waals surface area contributed by atoms with Gasteiger partial charge in [-0.1, -0.05) is 0 Å². The minimum Gasteiger partial charge on any atom is -0.458 e. The molecule has 0 bridgehead atoms. The Morgan fingerprint density at radius 3 is 2.44 bits per heavy atom. The molecule has 1 aromatic heterocycles. The van der Waals surface area contributed by atoms with Gasteiger partial charge in [0.2, 0.25) is 5.76 Å². The summed E-state index contributed by atoms with van der Waals surface area (Å²) in [6.45, 7) is 5.08. The van der Waals surface area contributed by atoms with Crippen LogP contribution in [0.3, 0.4) is 0 Å². The zero-order valence-corrected chi connectivity index (χ0v) is 10.3. The lowest BCUT2D eigenvalue weighted by Gasteiger charge is -2.19. The van der Waals surface area contributed by atoms with E-state index in [4.69, 9.17) is 14.9 Å². The van der Waals surface area contributed by atoms with Crippen molar-refractivity contribution in [2.24, 2.45) is 5.73 Å². The van der Waals surface area contributed by atoms with Gasteiger partial charge < -0.3 is 14.9 Å². The monoisotopic (exact) mass is 254 g/mol. The first-order valence-corrected chi connectivity index (χ1v) is 5.12. The number of carbonyl (C=O) groups is 3. The summed E-state index contributed by atoms with van der Waals surface area (Å²) in [6.07, 6.45) is 0.394. The lowest BCUT2D eigenvalue weighted by Crippen LogP contribution is -2.28. The maximum absolute atomic E-state index is 11.5. The van der Waals surface area contributed by atoms with E-state index in [1.807, 2.05) is 0 Å². The zero-order chi connectivity index (χ0) is 13.9. The summed E-state index contributed by atoms with van der Waals surface area (Å²) in [7, 11) is 0. The molecule has 0 aliphatic rings. The Kier molecular flexibility index (Phi) is 3.75. The number of ketones is 1. The molecule has 3 N–H and O–H groups in total. The average Bonchev–Trinajstić information content (AvgIpc) is 2.61. The molecule has 0 fully saturated rings. The highest BCUT2D eigenvalue weighted by Gasteiger charge is 2.23. The highest BCUT2D eigenvalue weighted by molar-refractivity contribution is 6.42. The molecule has 2 amide bonds. The third-order valence-corrected chi connectivity index (χ3v) is 1.73. The zero-order valence-electron chi connectivity index (χ0n) is 10.3. The normalized spacial score (nSPS) is 10.8. The van der Waals surface area contributed by atoms with Crippen LogP contribution in [0.15, 0.2) is 16.7 Å². The van der Waals surface area contributed by atoms with Crippen molar-refractivity contribution in [3.63, 3.8) is 0 Å². The molecule has 0 radical (unpaired) electrons. The topological polar surface area (TPSA) is 112 Å². The molecule has 0 spiro atoms. The van der Waals surface area contributed by atoms with Gasteiger partial charge in [-0.15, -0.1) is 0 Å². The van der Waals surface area contributed by atoms with Gasteiger partial charge in [-0.3, -0.25) is 14.9 Å². The van der Waals surface area contributed by atoms with E-state index in [1.54, 1.807) is 20.8 Å². The van der Waals surface area contributed by atoms with Crippen molar-refractivity contribution in [1.82, 2.24) is 0 Å². The minimum atomic E-state index is -1.17. The molecule has 0 unspecified atom stereocenters. The molecule has 0 saturated carbocycles. The van der Waals surface area contributed by atoms with Crippen LogP contribution in [0.4, 0.5) is 10.5 Å². The molecule has 0 aliphatic carbocycles. The summed E-state index contributed by atoms with van der Waals surface area (Å²) in [5, 5.41) is 2.30. The number of furan rings is 1. The first kappa shape index (κ1) is 13.8. The maximum Gasteiger partial charge on any atom is 0.412 e. The molecule has 0 aromatic carbocycles. The third-order valence-electron chi connectivity index (χ3n) is 1.73. The van der Waals surface area contributed by atoms with E-state index in [1.165, 1.54) is 6.07 Å². The van der Waals surface area contributed by atoms with E-state index in [0.29, 0.717) is 0 Å². The van der Waals surface area contributed by atoms with E-state index >= 15 is 0 Å². The molecular weight excluding hydrogens is 240 g/mol. The fourth-order valence-electron chi connectivity index (χ4n) is 1.11. The number of primary amides is 1. The van der Waals surface area contributed by atoms with E-state index in [-0.39, 0.29) is 11.4 Å². The first-order valence-electron chi connectivity index (χ1n) is 5.12. The fourth-order valence-corrected chi connectivity index (χ4v) is 1.11. The largest absolute Gasteiger partial charge is 0.458 e. The molecule has 7 nitrogen and oxygen atoms in total. The van der Waals surface area contributed by atoms with Crippen molar-refractivity contribution in [3.8, 4) is 0 Å². The van der Waals surface area contributed by atoms with Crippen LogP contribution in [0, 0.1) is 0 Å². The van der Waals surface area contributed by atoms with Crippen LogP contribution in [-0.4, -0.2) is 23.4 Å². The maximum atomic E-state index is 11.5. The van der Waals surface area contributed by atoms with Gasteiger partial charge in [0.15, 0.2) is 0 Å². The van der Waals surface area contributed by atoms with Crippen molar-refractivity contribution >= 4 is 23.5 Å². The van der Waals surface area contributed by atoms with Gasteiger partial charge in [-0.2, -0.15) is 0 Å². The molecule has 18 heavy (non-hydrogen) atoms. The number of nitrogens with one attached hydrogen (secondary N) is 1. The predicted molar refractivity (Wildman–Crippen MR) is 62.1 cm³/mol. The smallest absolute Gasteiger partial charge is 0.412 e. The Balaban J connectivity index is 2.81. The number of hydrogen-bond donors (Lipinski definition) is 2.